The Morgan fingerprint density at radius 2 is 1.86 bits per heavy atom. The summed E-state index contributed by atoms with van der Waals surface area (Å²) >= 11 is 6.54. The van der Waals surface area contributed by atoms with Crippen LogP contribution in [0, 0.1) is 17.8 Å². The quantitative estimate of drug-likeness (QED) is 0.294. The monoisotopic (exact) mass is 511 g/mol. The van der Waals surface area contributed by atoms with Gasteiger partial charge in [0, 0.05) is 19.7 Å². The van der Waals surface area contributed by atoms with E-state index >= 15 is 0 Å². The Bertz CT molecular complexity index is 974. The minimum absolute atomic E-state index is 0.144. The Labute approximate surface area is 210 Å². The van der Waals surface area contributed by atoms with E-state index in [0.29, 0.717) is 30.3 Å². The first-order valence-corrected chi connectivity index (χ1v) is 12.5. The molecule has 9 heteroatoms. The molecule has 2 aliphatic rings. The molecule has 1 amide bonds. The van der Waals surface area contributed by atoms with Crippen molar-refractivity contribution in [3.8, 4) is 11.8 Å². The number of alkyl halides is 4. The van der Waals surface area contributed by atoms with Gasteiger partial charge in [0.1, 0.15) is 17.0 Å². The minimum atomic E-state index is -4.41. The van der Waals surface area contributed by atoms with Crippen LogP contribution in [-0.4, -0.2) is 35.2 Å². The second-order valence-corrected chi connectivity index (χ2v) is 9.85. The smallest absolute Gasteiger partial charge is 0.363 e. The summed E-state index contributed by atoms with van der Waals surface area (Å²) in [6, 6.07) is 4.84. The molecule has 0 bridgehead atoms. The molecule has 5 nitrogen and oxygen atoms in total. The molecule has 1 unspecified atom stereocenters. The summed E-state index contributed by atoms with van der Waals surface area (Å²) in [5.74, 6) is 6.17. The number of carbonyl (C=O) groups is 1. The van der Waals surface area contributed by atoms with Crippen molar-refractivity contribution < 1.29 is 22.7 Å². The van der Waals surface area contributed by atoms with Gasteiger partial charge in [0.25, 0.3) is 5.91 Å². The molecular weight excluding hydrogens is 479 g/mol. The largest absolute Gasteiger partial charge is 0.416 e. The number of rotatable bonds is 7. The number of halogens is 4. The van der Waals surface area contributed by atoms with E-state index in [0.717, 1.165) is 37.8 Å². The third-order valence-electron chi connectivity index (χ3n) is 6.18. The number of allylic oxidation sites excluding steroid dienone is 1. The van der Waals surface area contributed by atoms with E-state index in [1.807, 2.05) is 20.8 Å². The second-order valence-electron chi connectivity index (χ2n) is 9.43. The number of ether oxygens (including phenoxy) is 1. The fourth-order valence-electron chi connectivity index (χ4n) is 4.34. The van der Waals surface area contributed by atoms with Gasteiger partial charge in [-0.1, -0.05) is 48.9 Å². The number of carbonyl (C=O) groups excluding carboxylic acids is 1. The van der Waals surface area contributed by atoms with Crippen molar-refractivity contribution in [1.82, 2.24) is 15.5 Å². The molecule has 1 aromatic rings. The van der Waals surface area contributed by atoms with Crippen molar-refractivity contribution in [2.75, 3.05) is 13.2 Å². The maximum absolute atomic E-state index is 13.3. The van der Waals surface area contributed by atoms with Crippen LogP contribution in [0.4, 0.5) is 13.2 Å². The highest BCUT2D eigenvalue weighted by Crippen LogP contribution is 2.31. The number of nitrogens with zero attached hydrogens (tertiary/aromatic N) is 1. The summed E-state index contributed by atoms with van der Waals surface area (Å²) < 4.78 is 44.5. The molecule has 1 atom stereocenters. The Hall–Kier alpha value is -2.37. The molecule has 1 saturated carbocycles. The van der Waals surface area contributed by atoms with Gasteiger partial charge < -0.3 is 20.3 Å². The molecule has 1 aromatic carbocycles. The zero-order valence-electron chi connectivity index (χ0n) is 20.4. The van der Waals surface area contributed by atoms with Crippen molar-refractivity contribution >= 4 is 17.5 Å². The number of hydrogen-bond donors (Lipinski definition) is 2. The molecular formula is C26H33ClF3N3O2. The van der Waals surface area contributed by atoms with Gasteiger partial charge in [0.2, 0.25) is 0 Å². The Kier molecular flexibility index (Phi) is 9.00. The lowest BCUT2D eigenvalue weighted by Gasteiger charge is -2.26. The SMILES string of the molecule is CCOC(C)(C)C#CC1=C(C(=O)NCC2CCCCC2)N(Cc2ccc(C(F)(F)F)cc2)C(Cl)N1. The Morgan fingerprint density at radius 3 is 2.46 bits per heavy atom. The van der Waals surface area contributed by atoms with Gasteiger partial charge in [-0.3, -0.25) is 4.79 Å². The van der Waals surface area contributed by atoms with Crippen LogP contribution >= 0.6 is 11.6 Å². The predicted octanol–water partition coefficient (Wildman–Crippen LogP) is 5.36. The number of nitrogens with one attached hydrogen (secondary N) is 2. The Balaban J connectivity index is 1.85. The zero-order valence-corrected chi connectivity index (χ0v) is 21.2. The molecule has 1 aliphatic carbocycles. The van der Waals surface area contributed by atoms with Crippen LogP contribution in [0.1, 0.15) is 64.0 Å². The van der Waals surface area contributed by atoms with E-state index in [1.54, 1.807) is 4.90 Å². The third-order valence-corrected chi connectivity index (χ3v) is 6.52. The predicted molar refractivity (Wildman–Crippen MR) is 130 cm³/mol. The molecule has 192 valence electrons. The highest BCUT2D eigenvalue weighted by atomic mass is 35.5. The summed E-state index contributed by atoms with van der Waals surface area (Å²) in [6.07, 6.45) is 1.31. The van der Waals surface area contributed by atoms with E-state index < -0.39 is 23.0 Å². The number of amides is 1. The topological polar surface area (TPSA) is 53.6 Å². The van der Waals surface area contributed by atoms with Crippen LogP contribution in [-0.2, 0) is 22.3 Å². The van der Waals surface area contributed by atoms with Crippen LogP contribution in [0.25, 0.3) is 0 Å². The molecule has 0 spiro atoms. The fourth-order valence-corrected chi connectivity index (χ4v) is 4.61. The molecule has 2 N–H and O–H groups in total. The lowest BCUT2D eigenvalue weighted by atomic mass is 9.89. The first kappa shape index (κ1) is 27.2. The second kappa shape index (κ2) is 11.6. The summed E-state index contributed by atoms with van der Waals surface area (Å²) in [4.78, 5) is 14.9. The van der Waals surface area contributed by atoms with E-state index in [1.165, 1.54) is 18.6 Å². The van der Waals surface area contributed by atoms with Crippen molar-refractivity contribution in [2.45, 2.75) is 76.8 Å². The lowest BCUT2D eigenvalue weighted by molar-refractivity contribution is -0.137. The summed E-state index contributed by atoms with van der Waals surface area (Å²) in [5.41, 5.74) is -1.00. The molecule has 0 radical (unpaired) electrons. The van der Waals surface area contributed by atoms with Gasteiger partial charge in [-0.2, -0.15) is 13.2 Å². The first-order chi connectivity index (χ1) is 16.5. The van der Waals surface area contributed by atoms with Crippen molar-refractivity contribution in [1.29, 1.82) is 0 Å². The molecule has 3 rings (SSSR count). The van der Waals surface area contributed by atoms with Crippen molar-refractivity contribution in [2.24, 2.45) is 5.92 Å². The highest BCUT2D eigenvalue weighted by molar-refractivity contribution is 6.21. The highest BCUT2D eigenvalue weighted by Gasteiger charge is 2.35. The number of hydrogen-bond acceptors (Lipinski definition) is 4. The van der Waals surface area contributed by atoms with Crippen LogP contribution in [0.2, 0.25) is 0 Å². The molecule has 35 heavy (non-hydrogen) atoms. The van der Waals surface area contributed by atoms with Crippen molar-refractivity contribution in [3.05, 3.63) is 46.8 Å². The van der Waals surface area contributed by atoms with E-state index in [2.05, 4.69) is 22.5 Å². The van der Waals surface area contributed by atoms with Gasteiger partial charge in [0.15, 0.2) is 5.62 Å². The number of benzene rings is 1. The third kappa shape index (κ3) is 7.55. The summed E-state index contributed by atoms with van der Waals surface area (Å²) in [6.45, 7) is 6.74. The van der Waals surface area contributed by atoms with Crippen LogP contribution < -0.4 is 10.6 Å². The molecule has 0 aromatic heterocycles. The molecule has 0 saturated heterocycles. The zero-order chi connectivity index (χ0) is 25.6. The maximum Gasteiger partial charge on any atom is 0.416 e. The molecule has 1 heterocycles. The summed E-state index contributed by atoms with van der Waals surface area (Å²) in [5, 5.41) is 6.07. The average molecular weight is 512 g/mol. The van der Waals surface area contributed by atoms with Gasteiger partial charge in [-0.05, 0) is 63.1 Å². The average Bonchev–Trinajstić information content (AvgIpc) is 3.11. The van der Waals surface area contributed by atoms with E-state index in [-0.39, 0.29) is 18.1 Å². The van der Waals surface area contributed by atoms with Gasteiger partial charge in [-0.25, -0.2) is 0 Å². The first-order valence-electron chi connectivity index (χ1n) is 12.0. The normalized spacial score (nSPS) is 19.3. The lowest BCUT2D eigenvalue weighted by Crippen LogP contribution is -2.38. The Morgan fingerprint density at radius 1 is 1.20 bits per heavy atom. The fraction of sp³-hybridized carbons (Fsp3) is 0.577. The van der Waals surface area contributed by atoms with Gasteiger partial charge in [0.05, 0.1) is 5.56 Å². The van der Waals surface area contributed by atoms with Crippen LogP contribution in [0.3, 0.4) is 0 Å². The van der Waals surface area contributed by atoms with Gasteiger partial charge >= 0.3 is 6.18 Å². The standard InChI is InChI=1S/C26H33ClF3N3O2/c1-4-35-25(2,3)15-14-21-22(23(34)31-16-18-8-6-5-7-9-18)33(24(27)32-21)17-19-10-12-20(13-11-19)26(28,29)30/h10-13,18,24,32H,4-9,16-17H2,1-3H3,(H,31,34). The molecule has 1 fully saturated rings. The van der Waals surface area contributed by atoms with E-state index in [9.17, 15) is 18.0 Å². The van der Waals surface area contributed by atoms with E-state index in [4.69, 9.17) is 16.3 Å². The van der Waals surface area contributed by atoms with Crippen LogP contribution in [0.15, 0.2) is 35.7 Å². The van der Waals surface area contributed by atoms with Crippen molar-refractivity contribution in [3.63, 3.8) is 0 Å². The van der Waals surface area contributed by atoms with Crippen LogP contribution in [0.5, 0.6) is 0 Å². The minimum Gasteiger partial charge on any atom is -0.363 e. The summed E-state index contributed by atoms with van der Waals surface area (Å²) in [7, 11) is 0. The molecule has 1 aliphatic heterocycles. The maximum atomic E-state index is 13.3. The van der Waals surface area contributed by atoms with Gasteiger partial charge in [-0.15, -0.1) is 0 Å².